The van der Waals surface area contributed by atoms with Crippen molar-refractivity contribution >= 4 is 5.69 Å². The van der Waals surface area contributed by atoms with Gasteiger partial charge in [-0.1, -0.05) is 12.1 Å². The van der Waals surface area contributed by atoms with Crippen LogP contribution in [-0.4, -0.2) is 20.6 Å². The van der Waals surface area contributed by atoms with Gasteiger partial charge in [-0.3, -0.25) is 0 Å². The Balaban J connectivity index is 1.99. The predicted octanol–water partition coefficient (Wildman–Crippen LogP) is 2.99. The van der Waals surface area contributed by atoms with Crippen molar-refractivity contribution in [2.75, 3.05) is 25.5 Å². The van der Waals surface area contributed by atoms with Crippen molar-refractivity contribution in [3.8, 4) is 0 Å². The van der Waals surface area contributed by atoms with Gasteiger partial charge in [0.05, 0.1) is 0 Å². The zero-order valence-corrected chi connectivity index (χ0v) is 11.0. The molecule has 0 aromatic heterocycles. The second-order valence-corrected chi connectivity index (χ2v) is 5.44. The van der Waals surface area contributed by atoms with Crippen LogP contribution in [0.4, 0.5) is 5.69 Å². The fraction of sp³-hybridized carbons (Fsp3) is 0.600. The number of rotatable bonds is 3. The van der Waals surface area contributed by atoms with E-state index in [0.717, 1.165) is 18.4 Å². The molecule has 0 unspecified atom stereocenters. The van der Waals surface area contributed by atoms with Crippen LogP contribution in [-0.2, 0) is 0 Å². The first-order chi connectivity index (χ1) is 8.20. The molecular weight excluding hydrogens is 208 g/mol. The van der Waals surface area contributed by atoms with E-state index in [9.17, 15) is 0 Å². The molecule has 1 saturated carbocycles. The molecule has 2 rings (SSSR count). The lowest BCUT2D eigenvalue weighted by atomic mass is 9.79. The van der Waals surface area contributed by atoms with Crippen LogP contribution in [0.15, 0.2) is 24.3 Å². The maximum Gasteiger partial charge on any atom is 0.0361 e. The van der Waals surface area contributed by atoms with Gasteiger partial charge in [-0.2, -0.15) is 0 Å². The number of anilines is 1. The minimum Gasteiger partial charge on any atom is -0.378 e. The molecule has 0 aliphatic heterocycles. The second kappa shape index (κ2) is 5.54. The first kappa shape index (κ1) is 12.4. The lowest BCUT2D eigenvalue weighted by Gasteiger charge is -2.28. The van der Waals surface area contributed by atoms with Crippen molar-refractivity contribution in [1.29, 1.82) is 0 Å². The molecule has 1 fully saturated rings. The van der Waals surface area contributed by atoms with Crippen LogP contribution < -0.4 is 10.6 Å². The average Bonchev–Trinajstić information content (AvgIpc) is 2.39. The molecule has 1 aliphatic rings. The van der Waals surface area contributed by atoms with E-state index in [1.54, 1.807) is 0 Å². The average molecular weight is 232 g/mol. The van der Waals surface area contributed by atoms with E-state index < -0.39 is 0 Å². The summed E-state index contributed by atoms with van der Waals surface area (Å²) in [5.41, 5.74) is 8.52. The van der Waals surface area contributed by atoms with E-state index in [1.807, 2.05) is 0 Å². The topological polar surface area (TPSA) is 29.3 Å². The number of nitrogens with zero attached hydrogens (tertiary/aromatic N) is 1. The van der Waals surface area contributed by atoms with Crippen molar-refractivity contribution in [3.63, 3.8) is 0 Å². The molecule has 0 spiro atoms. The molecule has 2 heteroatoms. The van der Waals surface area contributed by atoms with Crippen molar-refractivity contribution in [2.45, 2.75) is 31.6 Å². The maximum atomic E-state index is 5.74. The summed E-state index contributed by atoms with van der Waals surface area (Å²) in [6, 6.07) is 9.04. The normalized spacial score (nSPS) is 24.6. The molecule has 0 radical (unpaired) electrons. The lowest BCUT2D eigenvalue weighted by molar-refractivity contribution is 0.333. The Morgan fingerprint density at radius 2 is 1.65 bits per heavy atom. The number of hydrogen-bond acceptors (Lipinski definition) is 2. The lowest BCUT2D eigenvalue weighted by Crippen LogP contribution is -2.20. The van der Waals surface area contributed by atoms with Crippen LogP contribution in [0, 0.1) is 5.92 Å². The second-order valence-electron chi connectivity index (χ2n) is 5.44. The van der Waals surface area contributed by atoms with Gasteiger partial charge in [0, 0.05) is 19.8 Å². The zero-order valence-electron chi connectivity index (χ0n) is 11.0. The van der Waals surface area contributed by atoms with Gasteiger partial charge in [0.25, 0.3) is 0 Å². The molecule has 0 atom stereocenters. The SMILES string of the molecule is CN(C)c1ccc(C2CCC(CN)CC2)cc1. The predicted molar refractivity (Wildman–Crippen MR) is 74.5 cm³/mol. The van der Waals surface area contributed by atoms with Crippen molar-refractivity contribution in [1.82, 2.24) is 0 Å². The van der Waals surface area contributed by atoms with Crippen molar-refractivity contribution in [3.05, 3.63) is 29.8 Å². The van der Waals surface area contributed by atoms with Crippen LogP contribution in [0.1, 0.15) is 37.2 Å². The third kappa shape index (κ3) is 3.01. The minimum absolute atomic E-state index is 0.758. The fourth-order valence-electron chi connectivity index (χ4n) is 2.78. The molecule has 2 nitrogen and oxygen atoms in total. The molecule has 0 amide bonds. The summed E-state index contributed by atoms with van der Waals surface area (Å²) in [5.74, 6) is 1.53. The van der Waals surface area contributed by atoms with Crippen LogP contribution in [0.3, 0.4) is 0 Å². The third-order valence-corrected chi connectivity index (χ3v) is 4.06. The summed E-state index contributed by atoms with van der Waals surface area (Å²) >= 11 is 0. The molecule has 2 N–H and O–H groups in total. The van der Waals surface area contributed by atoms with Crippen molar-refractivity contribution in [2.24, 2.45) is 11.7 Å². The Morgan fingerprint density at radius 1 is 1.06 bits per heavy atom. The van der Waals surface area contributed by atoms with Gasteiger partial charge in [0.1, 0.15) is 0 Å². The molecule has 0 saturated heterocycles. The quantitative estimate of drug-likeness (QED) is 0.868. The molecule has 94 valence electrons. The summed E-state index contributed by atoms with van der Waals surface area (Å²) in [5, 5.41) is 0. The van der Waals surface area contributed by atoms with Gasteiger partial charge in [0.2, 0.25) is 0 Å². The van der Waals surface area contributed by atoms with Gasteiger partial charge in [0.15, 0.2) is 0 Å². The summed E-state index contributed by atoms with van der Waals surface area (Å²) in [7, 11) is 4.17. The number of hydrogen-bond donors (Lipinski definition) is 1. The smallest absolute Gasteiger partial charge is 0.0361 e. The van der Waals surface area contributed by atoms with Crippen molar-refractivity contribution < 1.29 is 0 Å². The Hall–Kier alpha value is -1.02. The highest BCUT2D eigenvalue weighted by molar-refractivity contribution is 5.46. The number of nitrogens with two attached hydrogens (primary N) is 1. The molecule has 17 heavy (non-hydrogen) atoms. The van der Waals surface area contributed by atoms with E-state index in [4.69, 9.17) is 5.73 Å². The van der Waals surface area contributed by atoms with E-state index in [1.165, 1.54) is 36.9 Å². The van der Waals surface area contributed by atoms with E-state index >= 15 is 0 Å². The maximum absolute atomic E-state index is 5.74. The van der Waals surface area contributed by atoms with Gasteiger partial charge in [-0.05, 0) is 61.8 Å². The monoisotopic (exact) mass is 232 g/mol. The zero-order chi connectivity index (χ0) is 12.3. The van der Waals surface area contributed by atoms with Crippen LogP contribution in [0.2, 0.25) is 0 Å². The van der Waals surface area contributed by atoms with Gasteiger partial charge in [-0.15, -0.1) is 0 Å². The summed E-state index contributed by atoms with van der Waals surface area (Å²) in [6.07, 6.45) is 5.22. The van der Waals surface area contributed by atoms with Gasteiger partial charge in [-0.25, -0.2) is 0 Å². The molecule has 0 bridgehead atoms. The highest BCUT2D eigenvalue weighted by atomic mass is 15.1. The molecule has 1 aliphatic carbocycles. The first-order valence-electron chi connectivity index (χ1n) is 6.68. The Bertz CT molecular complexity index is 334. The van der Waals surface area contributed by atoms with E-state index in [0.29, 0.717) is 0 Å². The highest BCUT2D eigenvalue weighted by Crippen LogP contribution is 2.35. The summed E-state index contributed by atoms with van der Waals surface area (Å²) < 4.78 is 0. The Kier molecular flexibility index (Phi) is 4.06. The van der Waals surface area contributed by atoms with Crippen LogP contribution >= 0.6 is 0 Å². The number of benzene rings is 1. The fourth-order valence-corrected chi connectivity index (χ4v) is 2.78. The molecule has 1 aromatic rings. The minimum atomic E-state index is 0.758. The largest absolute Gasteiger partial charge is 0.378 e. The Morgan fingerprint density at radius 3 is 2.12 bits per heavy atom. The van der Waals surface area contributed by atoms with Crippen LogP contribution in [0.25, 0.3) is 0 Å². The standard InChI is InChI=1S/C15H24N2/c1-17(2)15-9-7-14(8-10-15)13-5-3-12(11-16)4-6-13/h7-10,12-13H,3-6,11,16H2,1-2H3. The highest BCUT2D eigenvalue weighted by Gasteiger charge is 2.21. The van der Waals surface area contributed by atoms with Crippen LogP contribution in [0.5, 0.6) is 0 Å². The summed E-state index contributed by atoms with van der Waals surface area (Å²) in [4.78, 5) is 2.15. The Labute approximate surface area is 105 Å². The third-order valence-electron chi connectivity index (χ3n) is 4.06. The first-order valence-corrected chi connectivity index (χ1v) is 6.68. The van der Waals surface area contributed by atoms with E-state index in [-0.39, 0.29) is 0 Å². The summed E-state index contributed by atoms with van der Waals surface area (Å²) in [6.45, 7) is 0.867. The van der Waals surface area contributed by atoms with Gasteiger partial charge < -0.3 is 10.6 Å². The molecular formula is C15H24N2. The van der Waals surface area contributed by atoms with Gasteiger partial charge >= 0.3 is 0 Å². The molecule has 1 aromatic carbocycles. The molecule has 0 heterocycles. The van der Waals surface area contributed by atoms with E-state index in [2.05, 4.69) is 43.3 Å².